The van der Waals surface area contributed by atoms with Crippen LogP contribution in [0.15, 0.2) is 11.6 Å². The van der Waals surface area contributed by atoms with Crippen LogP contribution >= 0.6 is 0 Å². The Morgan fingerprint density at radius 1 is 1.40 bits per heavy atom. The SMILES string of the molecule is CC(C)C1C=C(CCC2CO2)[C@H](C)CC1. The van der Waals surface area contributed by atoms with Crippen molar-refractivity contribution >= 4 is 0 Å². The minimum Gasteiger partial charge on any atom is -0.373 e. The Hall–Kier alpha value is -0.300. The number of hydrogen-bond acceptors (Lipinski definition) is 1. The van der Waals surface area contributed by atoms with E-state index in [4.69, 9.17) is 4.74 Å². The molecule has 0 aromatic carbocycles. The van der Waals surface area contributed by atoms with Crippen molar-refractivity contribution in [2.24, 2.45) is 17.8 Å². The lowest BCUT2D eigenvalue weighted by Gasteiger charge is -2.28. The number of rotatable bonds is 4. The van der Waals surface area contributed by atoms with E-state index in [1.807, 2.05) is 0 Å². The van der Waals surface area contributed by atoms with E-state index in [0.29, 0.717) is 6.10 Å². The van der Waals surface area contributed by atoms with Crippen LogP contribution in [0.1, 0.15) is 46.5 Å². The summed E-state index contributed by atoms with van der Waals surface area (Å²) in [5, 5.41) is 0. The van der Waals surface area contributed by atoms with Gasteiger partial charge in [-0.1, -0.05) is 32.4 Å². The van der Waals surface area contributed by atoms with Crippen molar-refractivity contribution in [1.29, 1.82) is 0 Å². The van der Waals surface area contributed by atoms with Gasteiger partial charge in [-0.05, 0) is 43.4 Å². The van der Waals surface area contributed by atoms with Crippen molar-refractivity contribution in [2.75, 3.05) is 6.61 Å². The maximum atomic E-state index is 5.28. The van der Waals surface area contributed by atoms with Crippen molar-refractivity contribution in [3.63, 3.8) is 0 Å². The molecular formula is C14H24O. The van der Waals surface area contributed by atoms with Gasteiger partial charge in [0, 0.05) is 0 Å². The molecule has 1 nitrogen and oxygen atoms in total. The largest absolute Gasteiger partial charge is 0.373 e. The molecule has 2 rings (SSSR count). The molecule has 15 heavy (non-hydrogen) atoms. The Morgan fingerprint density at radius 2 is 2.13 bits per heavy atom. The molecule has 0 aromatic heterocycles. The lowest BCUT2D eigenvalue weighted by molar-refractivity contribution is 0.357. The summed E-state index contributed by atoms with van der Waals surface area (Å²) < 4.78 is 5.28. The van der Waals surface area contributed by atoms with E-state index in [1.165, 1.54) is 25.7 Å². The highest BCUT2D eigenvalue weighted by atomic mass is 16.6. The second kappa shape index (κ2) is 4.69. The molecule has 2 aliphatic rings. The van der Waals surface area contributed by atoms with Crippen LogP contribution in [0.3, 0.4) is 0 Å². The zero-order valence-electron chi connectivity index (χ0n) is 10.3. The third-order valence-electron chi connectivity index (χ3n) is 4.01. The fraction of sp³-hybridized carbons (Fsp3) is 0.857. The predicted octanol–water partition coefficient (Wildman–Crippen LogP) is 3.79. The minimum atomic E-state index is 0.595. The van der Waals surface area contributed by atoms with Gasteiger partial charge >= 0.3 is 0 Å². The minimum absolute atomic E-state index is 0.595. The summed E-state index contributed by atoms with van der Waals surface area (Å²) in [6.07, 6.45) is 8.47. The smallest absolute Gasteiger partial charge is 0.0813 e. The summed E-state index contributed by atoms with van der Waals surface area (Å²) in [5.74, 6) is 2.46. The van der Waals surface area contributed by atoms with Gasteiger partial charge in [0.05, 0.1) is 12.7 Å². The van der Waals surface area contributed by atoms with Gasteiger partial charge in [0.1, 0.15) is 0 Å². The van der Waals surface area contributed by atoms with Gasteiger partial charge in [0.25, 0.3) is 0 Å². The van der Waals surface area contributed by atoms with Gasteiger partial charge in [-0.15, -0.1) is 0 Å². The number of allylic oxidation sites excluding steroid dienone is 2. The maximum absolute atomic E-state index is 5.28. The molecule has 2 unspecified atom stereocenters. The third kappa shape index (κ3) is 3.07. The second-order valence-electron chi connectivity index (χ2n) is 5.62. The molecular weight excluding hydrogens is 184 g/mol. The van der Waals surface area contributed by atoms with Gasteiger partial charge in [0.2, 0.25) is 0 Å². The van der Waals surface area contributed by atoms with Crippen molar-refractivity contribution in [1.82, 2.24) is 0 Å². The number of hydrogen-bond donors (Lipinski definition) is 0. The first kappa shape index (κ1) is 11.2. The second-order valence-corrected chi connectivity index (χ2v) is 5.62. The molecule has 0 spiro atoms. The van der Waals surface area contributed by atoms with E-state index in [0.717, 1.165) is 24.4 Å². The zero-order valence-corrected chi connectivity index (χ0v) is 10.3. The first-order valence-corrected chi connectivity index (χ1v) is 6.49. The van der Waals surface area contributed by atoms with Crippen LogP contribution in [0.2, 0.25) is 0 Å². The molecule has 0 amide bonds. The normalized spacial score (nSPS) is 35.5. The third-order valence-corrected chi connectivity index (χ3v) is 4.01. The summed E-state index contributed by atoms with van der Waals surface area (Å²) >= 11 is 0. The monoisotopic (exact) mass is 208 g/mol. The lowest BCUT2D eigenvalue weighted by atomic mass is 9.77. The van der Waals surface area contributed by atoms with Gasteiger partial charge < -0.3 is 4.74 Å². The van der Waals surface area contributed by atoms with Crippen molar-refractivity contribution in [2.45, 2.75) is 52.6 Å². The first-order valence-electron chi connectivity index (χ1n) is 6.49. The summed E-state index contributed by atoms with van der Waals surface area (Å²) in [6.45, 7) is 8.09. The molecule has 0 aromatic rings. The zero-order chi connectivity index (χ0) is 10.8. The first-order chi connectivity index (χ1) is 7.16. The fourth-order valence-corrected chi connectivity index (χ4v) is 2.57. The van der Waals surface area contributed by atoms with Crippen LogP contribution < -0.4 is 0 Å². The molecule has 0 saturated carbocycles. The van der Waals surface area contributed by atoms with Crippen LogP contribution in [-0.4, -0.2) is 12.7 Å². The Labute approximate surface area is 93.9 Å². The predicted molar refractivity (Wildman–Crippen MR) is 63.8 cm³/mol. The summed E-state index contributed by atoms with van der Waals surface area (Å²) in [4.78, 5) is 0. The molecule has 1 heterocycles. The van der Waals surface area contributed by atoms with Gasteiger partial charge in [0.15, 0.2) is 0 Å². The van der Waals surface area contributed by atoms with E-state index >= 15 is 0 Å². The summed E-state index contributed by atoms with van der Waals surface area (Å²) in [5.41, 5.74) is 1.70. The van der Waals surface area contributed by atoms with E-state index in [1.54, 1.807) is 5.57 Å². The molecule has 86 valence electrons. The van der Waals surface area contributed by atoms with E-state index in [2.05, 4.69) is 26.8 Å². The highest BCUT2D eigenvalue weighted by Crippen LogP contribution is 2.35. The molecule has 3 atom stereocenters. The number of ether oxygens (including phenoxy) is 1. The summed E-state index contributed by atoms with van der Waals surface area (Å²) in [7, 11) is 0. The van der Waals surface area contributed by atoms with E-state index in [-0.39, 0.29) is 0 Å². The quantitative estimate of drug-likeness (QED) is 0.506. The lowest BCUT2D eigenvalue weighted by Crippen LogP contribution is -2.16. The van der Waals surface area contributed by atoms with E-state index < -0.39 is 0 Å². The average molecular weight is 208 g/mol. The Balaban J connectivity index is 1.91. The molecule has 0 radical (unpaired) electrons. The van der Waals surface area contributed by atoms with Crippen LogP contribution in [0.5, 0.6) is 0 Å². The van der Waals surface area contributed by atoms with Crippen LogP contribution in [0.4, 0.5) is 0 Å². The Morgan fingerprint density at radius 3 is 2.73 bits per heavy atom. The Kier molecular flexibility index (Phi) is 3.50. The highest BCUT2D eigenvalue weighted by Gasteiger charge is 2.25. The van der Waals surface area contributed by atoms with Crippen molar-refractivity contribution < 1.29 is 4.74 Å². The number of epoxide rings is 1. The van der Waals surface area contributed by atoms with Gasteiger partial charge in [-0.2, -0.15) is 0 Å². The van der Waals surface area contributed by atoms with Crippen molar-refractivity contribution in [3.8, 4) is 0 Å². The molecule has 1 aliphatic heterocycles. The van der Waals surface area contributed by atoms with E-state index in [9.17, 15) is 0 Å². The molecule has 1 fully saturated rings. The van der Waals surface area contributed by atoms with Gasteiger partial charge in [-0.3, -0.25) is 0 Å². The van der Waals surface area contributed by atoms with Gasteiger partial charge in [-0.25, -0.2) is 0 Å². The summed E-state index contributed by atoms with van der Waals surface area (Å²) in [6, 6.07) is 0. The van der Waals surface area contributed by atoms with Crippen LogP contribution in [0.25, 0.3) is 0 Å². The molecule has 1 saturated heterocycles. The Bertz CT molecular complexity index is 238. The van der Waals surface area contributed by atoms with Crippen molar-refractivity contribution in [3.05, 3.63) is 11.6 Å². The molecule has 0 N–H and O–H groups in total. The molecule has 1 aliphatic carbocycles. The maximum Gasteiger partial charge on any atom is 0.0813 e. The average Bonchev–Trinajstić information content (AvgIpc) is 3.00. The topological polar surface area (TPSA) is 12.5 Å². The molecule has 0 bridgehead atoms. The standard InChI is InChI=1S/C14H24O/c1-10(2)12-5-4-11(3)13(8-12)6-7-14-9-15-14/h8,10-12,14H,4-7,9H2,1-3H3/t11-,12?,14?/m1/s1. The fourth-order valence-electron chi connectivity index (χ4n) is 2.57. The van der Waals surface area contributed by atoms with Crippen LogP contribution in [0, 0.1) is 17.8 Å². The van der Waals surface area contributed by atoms with Crippen LogP contribution in [-0.2, 0) is 4.74 Å². The molecule has 1 heteroatoms. The highest BCUT2D eigenvalue weighted by molar-refractivity contribution is 5.12.